The van der Waals surface area contributed by atoms with Crippen molar-refractivity contribution in [2.75, 3.05) is 5.32 Å². The Kier molecular flexibility index (Phi) is 7.20. The van der Waals surface area contributed by atoms with Crippen LogP contribution in [-0.2, 0) is 11.2 Å². The highest BCUT2D eigenvalue weighted by molar-refractivity contribution is 5.95. The lowest BCUT2D eigenvalue weighted by Gasteiger charge is -2.14. The fourth-order valence-electron chi connectivity index (χ4n) is 2.56. The number of rotatable bonds is 8. The third-order valence-electron chi connectivity index (χ3n) is 3.99. The van der Waals surface area contributed by atoms with Crippen molar-refractivity contribution in [3.05, 3.63) is 65.7 Å². The van der Waals surface area contributed by atoms with Crippen LogP contribution < -0.4 is 10.6 Å². The maximum atomic E-state index is 12.3. The lowest BCUT2D eigenvalue weighted by Crippen LogP contribution is -2.32. The zero-order valence-electron chi connectivity index (χ0n) is 14.9. The summed E-state index contributed by atoms with van der Waals surface area (Å²) in [6.07, 6.45) is 3.14. The molecule has 2 rings (SSSR count). The zero-order chi connectivity index (χ0) is 18.1. The van der Waals surface area contributed by atoms with Crippen LogP contribution in [0, 0.1) is 0 Å². The van der Waals surface area contributed by atoms with Crippen LogP contribution in [0.3, 0.4) is 0 Å². The molecule has 1 atom stereocenters. The molecule has 0 radical (unpaired) electrons. The number of amides is 2. The average Bonchev–Trinajstić information content (AvgIpc) is 2.61. The predicted molar refractivity (Wildman–Crippen MR) is 102 cm³/mol. The van der Waals surface area contributed by atoms with Crippen LogP contribution in [-0.4, -0.2) is 17.9 Å². The molecule has 0 spiro atoms. The molecule has 0 bridgehead atoms. The molecule has 0 aliphatic carbocycles. The van der Waals surface area contributed by atoms with Crippen molar-refractivity contribution < 1.29 is 9.59 Å². The van der Waals surface area contributed by atoms with Gasteiger partial charge in [-0.15, -0.1) is 0 Å². The molecule has 2 aromatic rings. The van der Waals surface area contributed by atoms with E-state index < -0.39 is 0 Å². The van der Waals surface area contributed by atoms with Crippen LogP contribution in [0.2, 0.25) is 0 Å². The van der Waals surface area contributed by atoms with Gasteiger partial charge in [0.2, 0.25) is 5.91 Å². The first-order chi connectivity index (χ1) is 12.1. The highest BCUT2D eigenvalue weighted by Gasteiger charge is 2.10. The fraction of sp³-hybridized carbons (Fsp3) is 0.333. The minimum Gasteiger partial charge on any atom is -0.350 e. The summed E-state index contributed by atoms with van der Waals surface area (Å²) in [6, 6.07) is 17.3. The topological polar surface area (TPSA) is 58.2 Å². The van der Waals surface area contributed by atoms with Crippen molar-refractivity contribution in [1.29, 1.82) is 0 Å². The molecule has 1 unspecified atom stereocenters. The second-order valence-corrected chi connectivity index (χ2v) is 6.27. The Hall–Kier alpha value is -2.62. The Labute approximate surface area is 149 Å². The first kappa shape index (κ1) is 18.7. The van der Waals surface area contributed by atoms with Gasteiger partial charge in [0.15, 0.2) is 0 Å². The quantitative estimate of drug-likeness (QED) is 0.759. The highest BCUT2D eigenvalue weighted by atomic mass is 16.2. The van der Waals surface area contributed by atoms with Crippen molar-refractivity contribution in [2.45, 2.75) is 45.6 Å². The normalized spacial score (nSPS) is 11.6. The van der Waals surface area contributed by atoms with E-state index in [-0.39, 0.29) is 17.9 Å². The van der Waals surface area contributed by atoms with E-state index in [2.05, 4.69) is 22.8 Å². The predicted octanol–water partition coefficient (Wildman–Crippen LogP) is 4.18. The van der Waals surface area contributed by atoms with Crippen molar-refractivity contribution >= 4 is 17.5 Å². The van der Waals surface area contributed by atoms with Crippen LogP contribution >= 0.6 is 0 Å². The van der Waals surface area contributed by atoms with Crippen molar-refractivity contribution in [2.24, 2.45) is 0 Å². The Balaban J connectivity index is 1.82. The smallest absolute Gasteiger partial charge is 0.251 e. The first-order valence-electron chi connectivity index (χ1n) is 8.83. The third kappa shape index (κ3) is 6.42. The van der Waals surface area contributed by atoms with Crippen LogP contribution in [0.25, 0.3) is 0 Å². The SMILES string of the molecule is CCCC(=O)Nc1ccc(C(=O)NC(C)CCc2ccccc2)cc1. The van der Waals surface area contributed by atoms with E-state index in [9.17, 15) is 9.59 Å². The number of nitrogens with one attached hydrogen (secondary N) is 2. The molecule has 0 aromatic heterocycles. The molecule has 132 valence electrons. The number of carbonyl (C=O) groups excluding carboxylic acids is 2. The molecule has 0 heterocycles. The molecule has 0 saturated carbocycles. The van der Waals surface area contributed by atoms with Gasteiger partial charge in [-0.05, 0) is 56.0 Å². The fourth-order valence-corrected chi connectivity index (χ4v) is 2.56. The summed E-state index contributed by atoms with van der Waals surface area (Å²) in [5, 5.41) is 5.84. The number of hydrogen-bond donors (Lipinski definition) is 2. The summed E-state index contributed by atoms with van der Waals surface area (Å²) in [6.45, 7) is 3.98. The second-order valence-electron chi connectivity index (χ2n) is 6.27. The van der Waals surface area contributed by atoms with E-state index in [1.165, 1.54) is 5.56 Å². The Morgan fingerprint density at radius 1 is 1.00 bits per heavy atom. The summed E-state index contributed by atoms with van der Waals surface area (Å²) in [7, 11) is 0. The van der Waals surface area contributed by atoms with Crippen LogP contribution in [0.1, 0.15) is 49.0 Å². The van der Waals surface area contributed by atoms with Crippen LogP contribution in [0.5, 0.6) is 0 Å². The van der Waals surface area contributed by atoms with Gasteiger partial charge in [0.25, 0.3) is 5.91 Å². The number of benzene rings is 2. The molecule has 4 heteroatoms. The maximum Gasteiger partial charge on any atom is 0.251 e. The van der Waals surface area contributed by atoms with Gasteiger partial charge in [-0.3, -0.25) is 9.59 Å². The number of anilines is 1. The largest absolute Gasteiger partial charge is 0.350 e. The van der Waals surface area contributed by atoms with Crippen molar-refractivity contribution in [3.63, 3.8) is 0 Å². The molecule has 0 fully saturated rings. The molecule has 2 aromatic carbocycles. The van der Waals surface area contributed by atoms with Gasteiger partial charge in [-0.2, -0.15) is 0 Å². The van der Waals surface area contributed by atoms with Gasteiger partial charge in [0, 0.05) is 23.7 Å². The van der Waals surface area contributed by atoms with Gasteiger partial charge < -0.3 is 10.6 Å². The maximum absolute atomic E-state index is 12.3. The van der Waals surface area contributed by atoms with Crippen LogP contribution in [0.4, 0.5) is 5.69 Å². The van der Waals surface area contributed by atoms with Gasteiger partial charge in [-0.25, -0.2) is 0 Å². The second kappa shape index (κ2) is 9.62. The monoisotopic (exact) mass is 338 g/mol. The molecular weight excluding hydrogens is 312 g/mol. The molecule has 0 saturated heterocycles. The molecule has 0 aliphatic heterocycles. The van der Waals surface area contributed by atoms with Crippen molar-refractivity contribution in [1.82, 2.24) is 5.32 Å². The third-order valence-corrected chi connectivity index (χ3v) is 3.99. The van der Waals surface area contributed by atoms with Crippen molar-refractivity contribution in [3.8, 4) is 0 Å². The van der Waals surface area contributed by atoms with E-state index >= 15 is 0 Å². The molecular formula is C21H26N2O2. The van der Waals surface area contributed by atoms with Gasteiger partial charge in [0.1, 0.15) is 0 Å². The average molecular weight is 338 g/mol. The number of aryl methyl sites for hydroxylation is 1. The van der Waals surface area contributed by atoms with Gasteiger partial charge in [0.05, 0.1) is 0 Å². The Morgan fingerprint density at radius 2 is 1.68 bits per heavy atom. The Morgan fingerprint density at radius 3 is 2.32 bits per heavy atom. The van der Waals surface area contributed by atoms with E-state index in [1.54, 1.807) is 24.3 Å². The molecule has 2 N–H and O–H groups in total. The summed E-state index contributed by atoms with van der Waals surface area (Å²) in [5.41, 5.74) is 2.59. The summed E-state index contributed by atoms with van der Waals surface area (Å²) in [5.74, 6) is -0.0961. The zero-order valence-corrected chi connectivity index (χ0v) is 14.9. The molecule has 4 nitrogen and oxygen atoms in total. The lowest BCUT2D eigenvalue weighted by molar-refractivity contribution is -0.116. The van der Waals surface area contributed by atoms with Gasteiger partial charge in [-0.1, -0.05) is 37.3 Å². The highest BCUT2D eigenvalue weighted by Crippen LogP contribution is 2.11. The minimum absolute atomic E-state index is 0.00534. The molecule has 2 amide bonds. The minimum atomic E-state index is -0.0907. The first-order valence-corrected chi connectivity index (χ1v) is 8.83. The van der Waals surface area contributed by atoms with E-state index in [1.807, 2.05) is 32.0 Å². The number of carbonyl (C=O) groups is 2. The standard InChI is InChI=1S/C21H26N2O2/c1-3-7-20(24)23-19-14-12-18(13-15-19)21(25)22-16(2)10-11-17-8-5-4-6-9-17/h4-6,8-9,12-16H,3,7,10-11H2,1-2H3,(H,22,25)(H,23,24). The summed E-state index contributed by atoms with van der Waals surface area (Å²) < 4.78 is 0. The van der Waals surface area contributed by atoms with E-state index in [0.717, 1.165) is 19.3 Å². The van der Waals surface area contributed by atoms with Gasteiger partial charge >= 0.3 is 0 Å². The van der Waals surface area contributed by atoms with E-state index in [0.29, 0.717) is 17.7 Å². The summed E-state index contributed by atoms with van der Waals surface area (Å²) >= 11 is 0. The lowest BCUT2D eigenvalue weighted by atomic mass is 10.1. The van der Waals surface area contributed by atoms with E-state index in [4.69, 9.17) is 0 Å². The molecule has 0 aliphatic rings. The Bertz CT molecular complexity index is 681. The molecule has 25 heavy (non-hydrogen) atoms. The summed E-state index contributed by atoms with van der Waals surface area (Å²) in [4.78, 5) is 23.9. The number of hydrogen-bond acceptors (Lipinski definition) is 2. The van der Waals surface area contributed by atoms with Crippen LogP contribution in [0.15, 0.2) is 54.6 Å².